The molecule has 2 aromatic carbocycles. The first-order valence-corrected chi connectivity index (χ1v) is 6.89. The molecule has 0 saturated carbocycles. The maximum atomic E-state index is 12.0. The molecule has 1 amide bonds. The number of aryl methyl sites for hydroxylation is 1. The minimum atomic E-state index is -0.349. The van der Waals surface area contributed by atoms with Crippen molar-refractivity contribution in [2.24, 2.45) is 5.11 Å². The molecule has 118 valence electrons. The molecule has 2 N–H and O–H groups in total. The van der Waals surface area contributed by atoms with Crippen molar-refractivity contribution in [3.8, 4) is 11.5 Å². The highest BCUT2D eigenvalue weighted by Crippen LogP contribution is 2.37. The van der Waals surface area contributed by atoms with E-state index in [2.05, 4.69) is 15.3 Å². The second kappa shape index (κ2) is 7.20. The lowest BCUT2D eigenvalue weighted by Gasteiger charge is -2.15. The molecule has 0 radical (unpaired) electrons. The van der Waals surface area contributed by atoms with Crippen LogP contribution in [0.3, 0.4) is 0 Å². The van der Waals surface area contributed by atoms with Crippen LogP contribution in [0.5, 0.6) is 11.5 Å². The fourth-order valence-electron chi connectivity index (χ4n) is 2.16. The Balaban J connectivity index is 2.14. The van der Waals surface area contributed by atoms with Gasteiger partial charge in [-0.25, -0.2) is 0 Å². The van der Waals surface area contributed by atoms with Gasteiger partial charge in [-0.3, -0.25) is 4.79 Å². The second-order valence-corrected chi connectivity index (χ2v) is 4.90. The average Bonchev–Trinajstić information content (AvgIpc) is 2.54. The quantitative estimate of drug-likeness (QED) is 0.377. The van der Waals surface area contributed by atoms with Gasteiger partial charge in [0.2, 0.25) is 0 Å². The van der Waals surface area contributed by atoms with Crippen molar-refractivity contribution in [3.63, 3.8) is 0 Å². The first-order chi connectivity index (χ1) is 11.0. The lowest BCUT2D eigenvalue weighted by atomic mass is 10.1. The minimum Gasteiger partial charge on any atom is -0.507 e. The Morgan fingerprint density at radius 3 is 2.70 bits per heavy atom. The second-order valence-electron chi connectivity index (χ2n) is 4.90. The summed E-state index contributed by atoms with van der Waals surface area (Å²) < 4.78 is 5.38. The monoisotopic (exact) mass is 312 g/mol. The van der Waals surface area contributed by atoms with Crippen LogP contribution in [0.4, 0.5) is 11.4 Å². The molecule has 2 aromatic rings. The third-order valence-corrected chi connectivity index (χ3v) is 3.24. The number of ether oxygens (including phenoxy) is 1. The highest BCUT2D eigenvalue weighted by Gasteiger charge is 2.14. The van der Waals surface area contributed by atoms with E-state index >= 15 is 0 Å². The van der Waals surface area contributed by atoms with Crippen LogP contribution in [0.15, 0.2) is 41.5 Å². The van der Waals surface area contributed by atoms with Gasteiger partial charge in [0, 0.05) is 10.6 Å². The maximum Gasteiger partial charge on any atom is 0.262 e. The molecule has 0 atom stereocenters. The summed E-state index contributed by atoms with van der Waals surface area (Å²) in [6.45, 7) is 3.24. The van der Waals surface area contributed by atoms with Crippen LogP contribution >= 0.6 is 0 Å². The van der Waals surface area contributed by atoms with Gasteiger partial charge in [-0.1, -0.05) is 23.3 Å². The van der Waals surface area contributed by atoms with Gasteiger partial charge in [-0.15, -0.1) is 0 Å². The number of aromatic hydroxyl groups is 1. The highest BCUT2D eigenvalue weighted by molar-refractivity contribution is 5.94. The van der Waals surface area contributed by atoms with Crippen LogP contribution in [0.1, 0.15) is 11.1 Å². The van der Waals surface area contributed by atoms with Gasteiger partial charge in [0.05, 0.1) is 5.69 Å². The summed E-state index contributed by atoms with van der Waals surface area (Å²) >= 11 is 0. The van der Waals surface area contributed by atoms with Crippen molar-refractivity contribution in [1.82, 2.24) is 0 Å². The molecule has 23 heavy (non-hydrogen) atoms. The molecule has 0 bridgehead atoms. The van der Waals surface area contributed by atoms with E-state index in [1.54, 1.807) is 26.0 Å². The number of anilines is 1. The summed E-state index contributed by atoms with van der Waals surface area (Å²) in [5.41, 5.74) is 10.3. The van der Waals surface area contributed by atoms with Crippen LogP contribution in [0.2, 0.25) is 0 Å². The Morgan fingerprint density at radius 2 is 2.04 bits per heavy atom. The molecule has 0 fully saturated rings. The summed E-state index contributed by atoms with van der Waals surface area (Å²) in [7, 11) is 0. The summed E-state index contributed by atoms with van der Waals surface area (Å²) in [6, 6.07) is 10.4. The van der Waals surface area contributed by atoms with Crippen molar-refractivity contribution in [2.45, 2.75) is 13.8 Å². The van der Waals surface area contributed by atoms with Crippen LogP contribution < -0.4 is 10.1 Å². The van der Waals surface area contributed by atoms with Crippen molar-refractivity contribution in [1.29, 1.82) is 0 Å². The van der Waals surface area contributed by atoms with Crippen LogP contribution in [0, 0.1) is 13.8 Å². The Kier molecular flexibility index (Phi) is 5.07. The van der Waals surface area contributed by atoms with Crippen LogP contribution in [-0.2, 0) is 4.79 Å². The molecule has 0 aromatic heterocycles. The van der Waals surface area contributed by atoms with E-state index in [1.165, 1.54) is 6.07 Å². The number of nitrogens with zero attached hydrogens (tertiary/aromatic N) is 3. The summed E-state index contributed by atoms with van der Waals surface area (Å²) in [4.78, 5) is 14.7. The number of phenolic OH excluding ortho intramolecular Hbond substituents is 1. The zero-order chi connectivity index (χ0) is 16.8. The fourth-order valence-corrected chi connectivity index (χ4v) is 2.16. The minimum absolute atomic E-state index is 0.0948. The molecule has 0 saturated heterocycles. The molecule has 7 nitrogen and oxygen atoms in total. The van der Waals surface area contributed by atoms with Gasteiger partial charge in [0.1, 0.15) is 11.5 Å². The molecule has 2 rings (SSSR count). The summed E-state index contributed by atoms with van der Waals surface area (Å²) in [6.07, 6.45) is 0. The summed E-state index contributed by atoms with van der Waals surface area (Å²) in [5.74, 6) is 0.116. The topological polar surface area (TPSA) is 107 Å². The molecule has 0 heterocycles. The number of para-hydroxylation sites is 1. The number of amides is 1. The molecular formula is C16H16N4O3. The van der Waals surface area contributed by atoms with Crippen molar-refractivity contribution < 1.29 is 14.6 Å². The highest BCUT2D eigenvalue weighted by atomic mass is 16.5. The van der Waals surface area contributed by atoms with Gasteiger partial charge in [-0.05, 0) is 48.7 Å². The fraction of sp³-hybridized carbons (Fsp3) is 0.188. The molecule has 0 aliphatic carbocycles. The van der Waals surface area contributed by atoms with Gasteiger partial charge < -0.3 is 15.2 Å². The number of carbonyl (C=O) groups is 1. The maximum absolute atomic E-state index is 12.0. The third-order valence-electron chi connectivity index (χ3n) is 3.24. The zero-order valence-electron chi connectivity index (χ0n) is 12.8. The van der Waals surface area contributed by atoms with Crippen LogP contribution in [-0.4, -0.2) is 17.6 Å². The Labute approximate surface area is 133 Å². The lowest BCUT2D eigenvalue weighted by Crippen LogP contribution is -2.21. The van der Waals surface area contributed by atoms with Crippen molar-refractivity contribution in [3.05, 3.63) is 58.0 Å². The number of hydrogen-bond acceptors (Lipinski definition) is 4. The van der Waals surface area contributed by atoms with E-state index in [0.29, 0.717) is 22.6 Å². The standard InChI is InChI=1S/C16H16N4O3/c1-10-8-13(21)16(19-20-17)11(2)15(10)18-14(22)9-23-12-6-4-3-5-7-12/h3-8,21H,9H2,1-2H3,(H,18,22). The Morgan fingerprint density at radius 1 is 1.35 bits per heavy atom. The van der Waals surface area contributed by atoms with Crippen molar-refractivity contribution in [2.75, 3.05) is 11.9 Å². The first kappa shape index (κ1) is 16.2. The summed E-state index contributed by atoms with van der Waals surface area (Å²) in [5, 5.41) is 16.0. The predicted octanol–water partition coefficient (Wildman–Crippen LogP) is 3.97. The largest absolute Gasteiger partial charge is 0.507 e. The van der Waals surface area contributed by atoms with Gasteiger partial charge in [0.25, 0.3) is 5.91 Å². The third kappa shape index (κ3) is 3.93. The van der Waals surface area contributed by atoms with E-state index < -0.39 is 0 Å². The number of benzene rings is 2. The molecule has 0 aliphatic rings. The number of nitrogens with one attached hydrogen (secondary N) is 1. The van der Waals surface area contributed by atoms with E-state index in [0.717, 1.165) is 0 Å². The molecule has 7 heteroatoms. The average molecular weight is 312 g/mol. The SMILES string of the molecule is Cc1cc(O)c(N=[N+]=[N-])c(C)c1NC(=O)COc1ccccc1. The molecule has 0 spiro atoms. The Bertz CT molecular complexity index is 769. The van der Waals surface area contributed by atoms with E-state index in [4.69, 9.17) is 10.3 Å². The molecule has 0 unspecified atom stereocenters. The zero-order valence-corrected chi connectivity index (χ0v) is 12.8. The number of phenols is 1. The van der Waals surface area contributed by atoms with E-state index in [9.17, 15) is 9.90 Å². The van der Waals surface area contributed by atoms with Gasteiger partial charge in [0.15, 0.2) is 6.61 Å². The Hall–Kier alpha value is -3.18. The van der Waals surface area contributed by atoms with Gasteiger partial charge in [-0.2, -0.15) is 0 Å². The first-order valence-electron chi connectivity index (χ1n) is 6.89. The van der Waals surface area contributed by atoms with Crippen LogP contribution in [0.25, 0.3) is 10.4 Å². The number of azide groups is 1. The molecular weight excluding hydrogens is 296 g/mol. The number of hydrogen-bond donors (Lipinski definition) is 2. The predicted molar refractivity (Wildman–Crippen MR) is 87.0 cm³/mol. The number of carbonyl (C=O) groups excluding carboxylic acids is 1. The van der Waals surface area contributed by atoms with Crippen molar-refractivity contribution >= 4 is 17.3 Å². The normalized spacial score (nSPS) is 9.83. The molecule has 0 aliphatic heterocycles. The van der Waals surface area contributed by atoms with E-state index in [-0.39, 0.29) is 24.0 Å². The smallest absolute Gasteiger partial charge is 0.262 e. The van der Waals surface area contributed by atoms with Gasteiger partial charge >= 0.3 is 0 Å². The lowest BCUT2D eigenvalue weighted by molar-refractivity contribution is -0.118. The van der Waals surface area contributed by atoms with E-state index in [1.807, 2.05) is 18.2 Å². The number of rotatable bonds is 5.